The second-order valence-corrected chi connectivity index (χ2v) is 3.64. The van der Waals surface area contributed by atoms with E-state index >= 15 is 0 Å². The fourth-order valence-corrected chi connectivity index (χ4v) is 1.43. The molecule has 4 nitrogen and oxygen atoms in total. The number of rotatable bonds is 3. The Morgan fingerprint density at radius 2 is 2.33 bits per heavy atom. The van der Waals surface area contributed by atoms with Gasteiger partial charge in [0.05, 0.1) is 5.69 Å². The molecule has 4 heteroatoms. The van der Waals surface area contributed by atoms with E-state index in [4.69, 9.17) is 5.73 Å². The van der Waals surface area contributed by atoms with Gasteiger partial charge >= 0.3 is 0 Å². The summed E-state index contributed by atoms with van der Waals surface area (Å²) in [6.07, 6.45) is 6.27. The standard InChI is InChI=1S/C11H14N4/c1-8(12)6-11-14-5-3-10(15-11)9-2-4-13-7-9/h2-5,7-8,13H,6,12H2,1H3. The highest BCUT2D eigenvalue weighted by atomic mass is 14.9. The normalized spacial score (nSPS) is 12.7. The summed E-state index contributed by atoms with van der Waals surface area (Å²) in [4.78, 5) is 11.6. The zero-order valence-electron chi connectivity index (χ0n) is 8.64. The Labute approximate surface area is 88.6 Å². The molecule has 1 atom stereocenters. The Morgan fingerprint density at radius 3 is 3.00 bits per heavy atom. The predicted octanol–water partition coefficient (Wildman–Crippen LogP) is 1.36. The number of H-pyrrole nitrogens is 1. The molecule has 0 aromatic carbocycles. The molecule has 0 radical (unpaired) electrons. The van der Waals surface area contributed by atoms with Crippen molar-refractivity contribution in [3.63, 3.8) is 0 Å². The molecule has 0 amide bonds. The van der Waals surface area contributed by atoms with Crippen LogP contribution in [0.1, 0.15) is 12.7 Å². The summed E-state index contributed by atoms with van der Waals surface area (Å²) < 4.78 is 0. The van der Waals surface area contributed by atoms with E-state index in [-0.39, 0.29) is 6.04 Å². The number of aromatic nitrogens is 3. The molecule has 0 aliphatic heterocycles. The highest BCUT2D eigenvalue weighted by molar-refractivity contribution is 5.57. The lowest BCUT2D eigenvalue weighted by molar-refractivity contribution is 0.702. The number of aromatic amines is 1. The van der Waals surface area contributed by atoms with Crippen molar-refractivity contribution in [1.29, 1.82) is 0 Å². The van der Waals surface area contributed by atoms with E-state index < -0.39 is 0 Å². The monoisotopic (exact) mass is 202 g/mol. The highest BCUT2D eigenvalue weighted by Gasteiger charge is 2.04. The van der Waals surface area contributed by atoms with Crippen molar-refractivity contribution in [3.05, 3.63) is 36.5 Å². The van der Waals surface area contributed by atoms with Crippen molar-refractivity contribution in [2.75, 3.05) is 0 Å². The first-order valence-corrected chi connectivity index (χ1v) is 4.96. The van der Waals surface area contributed by atoms with Gasteiger partial charge in [0.25, 0.3) is 0 Å². The fraction of sp³-hybridized carbons (Fsp3) is 0.273. The zero-order valence-corrected chi connectivity index (χ0v) is 8.64. The number of nitrogens with zero attached hydrogens (tertiary/aromatic N) is 2. The first-order valence-electron chi connectivity index (χ1n) is 4.96. The van der Waals surface area contributed by atoms with Crippen LogP contribution >= 0.6 is 0 Å². The van der Waals surface area contributed by atoms with Gasteiger partial charge in [-0.05, 0) is 19.1 Å². The number of hydrogen-bond acceptors (Lipinski definition) is 3. The quantitative estimate of drug-likeness (QED) is 0.789. The maximum Gasteiger partial charge on any atom is 0.130 e. The molecule has 3 N–H and O–H groups in total. The summed E-state index contributed by atoms with van der Waals surface area (Å²) in [5, 5.41) is 0. The minimum absolute atomic E-state index is 0.0893. The smallest absolute Gasteiger partial charge is 0.130 e. The zero-order chi connectivity index (χ0) is 10.7. The van der Waals surface area contributed by atoms with Crippen LogP contribution in [0.25, 0.3) is 11.3 Å². The van der Waals surface area contributed by atoms with Crippen molar-refractivity contribution in [2.45, 2.75) is 19.4 Å². The lowest BCUT2D eigenvalue weighted by Gasteiger charge is -2.04. The molecule has 2 rings (SSSR count). The summed E-state index contributed by atoms with van der Waals surface area (Å²) in [5.41, 5.74) is 7.71. The van der Waals surface area contributed by atoms with Crippen LogP contribution in [0.2, 0.25) is 0 Å². The summed E-state index contributed by atoms with van der Waals surface area (Å²) in [7, 11) is 0. The summed E-state index contributed by atoms with van der Waals surface area (Å²) in [6, 6.07) is 3.97. The Balaban J connectivity index is 2.27. The molecule has 0 spiro atoms. The van der Waals surface area contributed by atoms with Crippen LogP contribution in [-0.2, 0) is 6.42 Å². The maximum atomic E-state index is 5.71. The van der Waals surface area contributed by atoms with E-state index in [1.165, 1.54) is 0 Å². The van der Waals surface area contributed by atoms with Crippen molar-refractivity contribution in [2.24, 2.45) is 5.73 Å². The minimum Gasteiger partial charge on any atom is -0.367 e. The molecule has 0 aliphatic carbocycles. The van der Waals surface area contributed by atoms with Crippen LogP contribution in [0.4, 0.5) is 0 Å². The van der Waals surface area contributed by atoms with Crippen molar-refractivity contribution < 1.29 is 0 Å². The molecule has 1 unspecified atom stereocenters. The third kappa shape index (κ3) is 2.41. The van der Waals surface area contributed by atoms with Gasteiger partial charge in [-0.15, -0.1) is 0 Å². The van der Waals surface area contributed by atoms with Gasteiger partial charge < -0.3 is 10.7 Å². The molecule has 0 fully saturated rings. The van der Waals surface area contributed by atoms with Crippen LogP contribution in [0.5, 0.6) is 0 Å². The lowest BCUT2D eigenvalue weighted by atomic mass is 10.2. The van der Waals surface area contributed by atoms with Crippen molar-refractivity contribution >= 4 is 0 Å². The highest BCUT2D eigenvalue weighted by Crippen LogP contribution is 2.15. The van der Waals surface area contributed by atoms with Gasteiger partial charge in [-0.25, -0.2) is 9.97 Å². The minimum atomic E-state index is 0.0893. The number of nitrogens with one attached hydrogen (secondary N) is 1. The molecule has 2 aromatic heterocycles. The third-order valence-corrected chi connectivity index (χ3v) is 2.10. The van der Waals surface area contributed by atoms with Crippen LogP contribution < -0.4 is 5.73 Å². The van der Waals surface area contributed by atoms with Gasteiger partial charge in [-0.3, -0.25) is 0 Å². The summed E-state index contributed by atoms with van der Waals surface area (Å²) in [6.45, 7) is 1.95. The predicted molar refractivity (Wildman–Crippen MR) is 59.2 cm³/mol. The van der Waals surface area contributed by atoms with Gasteiger partial charge in [0, 0.05) is 36.6 Å². The molecule has 2 heterocycles. The molecule has 2 aromatic rings. The topological polar surface area (TPSA) is 67.6 Å². The van der Waals surface area contributed by atoms with Crippen LogP contribution in [0.3, 0.4) is 0 Å². The Kier molecular flexibility index (Phi) is 2.78. The molecule has 15 heavy (non-hydrogen) atoms. The van der Waals surface area contributed by atoms with Gasteiger partial charge in [0.15, 0.2) is 0 Å². The van der Waals surface area contributed by atoms with Crippen LogP contribution in [0.15, 0.2) is 30.7 Å². The number of nitrogens with two attached hydrogens (primary N) is 1. The maximum absolute atomic E-state index is 5.71. The van der Waals surface area contributed by atoms with E-state index in [9.17, 15) is 0 Å². The largest absolute Gasteiger partial charge is 0.367 e. The van der Waals surface area contributed by atoms with Crippen molar-refractivity contribution in [3.8, 4) is 11.3 Å². The lowest BCUT2D eigenvalue weighted by Crippen LogP contribution is -2.19. The summed E-state index contributed by atoms with van der Waals surface area (Å²) in [5.74, 6) is 0.795. The molecule has 0 saturated heterocycles. The van der Waals surface area contributed by atoms with Crippen LogP contribution in [-0.4, -0.2) is 21.0 Å². The molecule has 0 bridgehead atoms. The van der Waals surface area contributed by atoms with Crippen molar-refractivity contribution in [1.82, 2.24) is 15.0 Å². The number of hydrogen-bond donors (Lipinski definition) is 2. The van der Waals surface area contributed by atoms with Gasteiger partial charge in [-0.1, -0.05) is 0 Å². The van der Waals surface area contributed by atoms with E-state index in [2.05, 4.69) is 15.0 Å². The van der Waals surface area contributed by atoms with Gasteiger partial charge in [-0.2, -0.15) is 0 Å². The molecule has 0 aliphatic rings. The molecular weight excluding hydrogens is 188 g/mol. The van der Waals surface area contributed by atoms with E-state index in [0.29, 0.717) is 6.42 Å². The third-order valence-electron chi connectivity index (χ3n) is 2.10. The summed E-state index contributed by atoms with van der Waals surface area (Å²) >= 11 is 0. The van der Waals surface area contributed by atoms with Gasteiger partial charge in [0.1, 0.15) is 5.82 Å². The average molecular weight is 202 g/mol. The van der Waals surface area contributed by atoms with Crippen LogP contribution in [0, 0.1) is 0 Å². The second-order valence-electron chi connectivity index (χ2n) is 3.64. The fourth-order valence-electron chi connectivity index (χ4n) is 1.43. The SMILES string of the molecule is CC(N)Cc1nccc(-c2cc[nH]c2)n1. The van der Waals surface area contributed by atoms with E-state index in [1.807, 2.05) is 31.5 Å². The van der Waals surface area contributed by atoms with E-state index in [0.717, 1.165) is 17.1 Å². The Bertz CT molecular complexity index is 420. The Hall–Kier alpha value is -1.68. The molecular formula is C11H14N4. The van der Waals surface area contributed by atoms with E-state index in [1.54, 1.807) is 6.20 Å². The average Bonchev–Trinajstić information content (AvgIpc) is 2.69. The molecule has 78 valence electrons. The first kappa shape index (κ1) is 9.86. The molecule has 0 saturated carbocycles. The second kappa shape index (κ2) is 4.23. The van der Waals surface area contributed by atoms with Gasteiger partial charge in [0.2, 0.25) is 0 Å². The first-order chi connectivity index (χ1) is 7.25. The Morgan fingerprint density at radius 1 is 1.47 bits per heavy atom.